The predicted octanol–water partition coefficient (Wildman–Crippen LogP) is 6.35. The van der Waals surface area contributed by atoms with Gasteiger partial charge in [0.2, 0.25) is 5.91 Å². The number of nitrogens with zero attached hydrogens (tertiary/aromatic N) is 1. The fraction of sp³-hybridized carbons (Fsp3) is 0.462. The lowest BCUT2D eigenvalue weighted by Gasteiger charge is -2.29. The zero-order valence-corrected chi connectivity index (χ0v) is 19.8. The van der Waals surface area contributed by atoms with E-state index in [0.717, 1.165) is 34.7 Å². The standard InChI is InChI=1S/C26H36N2O3/c1-17(2)21(15-25(30)31)20-12-13-22(27-16-26(5,6)7)24(14-20)28(19(4)29)23-11-9-8-10-18(23)3/h8-14,17,21,27H,15-16H2,1-7H3,(H,30,31). The van der Waals surface area contributed by atoms with Crippen molar-refractivity contribution >= 4 is 28.9 Å². The average Bonchev–Trinajstić information content (AvgIpc) is 2.65. The first-order chi connectivity index (χ1) is 14.4. The molecule has 2 aromatic carbocycles. The highest BCUT2D eigenvalue weighted by atomic mass is 16.4. The lowest BCUT2D eigenvalue weighted by atomic mass is 9.85. The van der Waals surface area contributed by atoms with Crippen LogP contribution in [0, 0.1) is 18.3 Å². The van der Waals surface area contributed by atoms with Crippen molar-refractivity contribution in [3.05, 3.63) is 53.6 Å². The third-order valence-corrected chi connectivity index (χ3v) is 5.37. The topological polar surface area (TPSA) is 69.6 Å². The van der Waals surface area contributed by atoms with Crippen LogP contribution in [0.25, 0.3) is 0 Å². The van der Waals surface area contributed by atoms with Crippen molar-refractivity contribution in [3.8, 4) is 0 Å². The lowest BCUT2D eigenvalue weighted by Crippen LogP contribution is -2.26. The van der Waals surface area contributed by atoms with Crippen molar-refractivity contribution in [3.63, 3.8) is 0 Å². The van der Waals surface area contributed by atoms with E-state index in [2.05, 4.69) is 26.1 Å². The Kier molecular flexibility index (Phi) is 7.88. The van der Waals surface area contributed by atoms with Gasteiger partial charge >= 0.3 is 5.97 Å². The number of benzene rings is 2. The van der Waals surface area contributed by atoms with Gasteiger partial charge in [0.05, 0.1) is 23.5 Å². The van der Waals surface area contributed by atoms with Crippen molar-refractivity contribution in [1.82, 2.24) is 0 Å². The average molecular weight is 425 g/mol. The summed E-state index contributed by atoms with van der Waals surface area (Å²) in [4.78, 5) is 26.1. The van der Waals surface area contributed by atoms with Crippen LogP contribution in [0.4, 0.5) is 17.1 Å². The molecule has 0 aliphatic carbocycles. The van der Waals surface area contributed by atoms with Crippen molar-refractivity contribution in [2.75, 3.05) is 16.8 Å². The summed E-state index contributed by atoms with van der Waals surface area (Å²) in [7, 11) is 0. The first-order valence-corrected chi connectivity index (χ1v) is 10.9. The van der Waals surface area contributed by atoms with Crippen LogP contribution in [0.3, 0.4) is 0 Å². The molecule has 0 aliphatic heterocycles. The van der Waals surface area contributed by atoms with Gasteiger partial charge in [0.1, 0.15) is 0 Å². The van der Waals surface area contributed by atoms with Gasteiger partial charge in [-0.1, -0.05) is 58.9 Å². The Labute approximate surface area is 186 Å². The summed E-state index contributed by atoms with van der Waals surface area (Å²) in [5.74, 6) is -0.901. The zero-order chi connectivity index (χ0) is 23.3. The highest BCUT2D eigenvalue weighted by Crippen LogP contribution is 2.39. The van der Waals surface area contributed by atoms with Crippen molar-refractivity contribution in [2.45, 2.75) is 60.8 Å². The van der Waals surface area contributed by atoms with Crippen LogP contribution in [0.5, 0.6) is 0 Å². The van der Waals surface area contributed by atoms with E-state index in [1.807, 2.05) is 63.2 Å². The van der Waals surface area contributed by atoms with Gasteiger partial charge in [0, 0.05) is 13.5 Å². The van der Waals surface area contributed by atoms with Crippen molar-refractivity contribution in [2.24, 2.45) is 11.3 Å². The van der Waals surface area contributed by atoms with Crippen LogP contribution in [0.1, 0.15) is 65.0 Å². The summed E-state index contributed by atoms with van der Waals surface area (Å²) < 4.78 is 0. The minimum atomic E-state index is -0.822. The monoisotopic (exact) mass is 424 g/mol. The maximum atomic E-state index is 12.8. The molecule has 1 unspecified atom stereocenters. The third kappa shape index (κ3) is 6.58. The first kappa shape index (κ1) is 24.4. The number of carbonyl (C=O) groups is 2. The van der Waals surface area contributed by atoms with Gasteiger partial charge in [0.15, 0.2) is 0 Å². The number of hydrogen-bond acceptors (Lipinski definition) is 3. The van der Waals surface area contributed by atoms with Crippen molar-refractivity contribution < 1.29 is 14.7 Å². The van der Waals surface area contributed by atoms with E-state index < -0.39 is 5.97 Å². The van der Waals surface area contributed by atoms with Gasteiger partial charge in [-0.25, -0.2) is 0 Å². The maximum absolute atomic E-state index is 12.8. The van der Waals surface area contributed by atoms with E-state index >= 15 is 0 Å². The Morgan fingerprint density at radius 1 is 1.06 bits per heavy atom. The molecule has 168 valence electrons. The summed E-state index contributed by atoms with van der Waals surface area (Å²) in [5.41, 5.74) is 4.41. The number of hydrogen-bond donors (Lipinski definition) is 2. The Balaban J connectivity index is 2.66. The van der Waals surface area contributed by atoms with Crippen LogP contribution in [0.2, 0.25) is 0 Å². The number of carboxylic acid groups (broad SMARTS) is 1. The largest absolute Gasteiger partial charge is 0.481 e. The van der Waals surface area contributed by atoms with Gasteiger partial charge in [-0.2, -0.15) is 0 Å². The van der Waals surface area contributed by atoms with E-state index in [0.29, 0.717) is 0 Å². The second-order valence-electron chi connectivity index (χ2n) is 9.78. The summed E-state index contributed by atoms with van der Waals surface area (Å²) in [6.07, 6.45) is 0.0519. The predicted molar refractivity (Wildman–Crippen MR) is 128 cm³/mol. The molecule has 5 nitrogen and oxygen atoms in total. The number of carboxylic acids is 1. The van der Waals surface area contributed by atoms with Gasteiger partial charge in [-0.15, -0.1) is 0 Å². The van der Waals surface area contributed by atoms with Crippen LogP contribution in [0.15, 0.2) is 42.5 Å². The van der Waals surface area contributed by atoms with E-state index in [-0.39, 0.29) is 29.6 Å². The second-order valence-corrected chi connectivity index (χ2v) is 9.78. The van der Waals surface area contributed by atoms with Gasteiger partial charge < -0.3 is 10.4 Å². The summed E-state index contributed by atoms with van der Waals surface area (Å²) in [6, 6.07) is 13.7. The van der Waals surface area contributed by atoms with Crippen molar-refractivity contribution in [1.29, 1.82) is 0 Å². The number of rotatable bonds is 8. The molecule has 0 saturated carbocycles. The summed E-state index contributed by atoms with van der Waals surface area (Å²) in [6.45, 7) is 14.8. The number of aryl methyl sites for hydroxylation is 1. The first-order valence-electron chi connectivity index (χ1n) is 10.9. The lowest BCUT2D eigenvalue weighted by molar-refractivity contribution is -0.137. The number of aliphatic carboxylic acids is 1. The second kappa shape index (κ2) is 9.99. The molecule has 0 saturated heterocycles. The maximum Gasteiger partial charge on any atom is 0.303 e. The summed E-state index contributed by atoms with van der Waals surface area (Å²) in [5, 5.41) is 12.9. The molecular weight excluding hydrogens is 388 g/mol. The van der Waals surface area contributed by atoms with E-state index in [1.54, 1.807) is 11.8 Å². The minimum absolute atomic E-state index is 0.0519. The molecule has 31 heavy (non-hydrogen) atoms. The van der Waals surface area contributed by atoms with Crippen LogP contribution >= 0.6 is 0 Å². The number of amides is 1. The highest BCUT2D eigenvalue weighted by Gasteiger charge is 2.25. The van der Waals surface area contributed by atoms with E-state index in [4.69, 9.17) is 0 Å². The molecule has 1 amide bonds. The quantitative estimate of drug-likeness (QED) is 0.518. The molecule has 0 aromatic heterocycles. The summed E-state index contributed by atoms with van der Waals surface area (Å²) >= 11 is 0. The van der Waals surface area contributed by atoms with Crippen LogP contribution < -0.4 is 10.2 Å². The Morgan fingerprint density at radius 3 is 2.23 bits per heavy atom. The molecule has 0 radical (unpaired) electrons. The van der Waals surface area contributed by atoms with E-state index in [9.17, 15) is 14.7 Å². The number of carbonyl (C=O) groups excluding carboxylic acids is 1. The molecule has 0 spiro atoms. The highest BCUT2D eigenvalue weighted by molar-refractivity contribution is 6.02. The smallest absolute Gasteiger partial charge is 0.303 e. The Hall–Kier alpha value is -2.82. The third-order valence-electron chi connectivity index (χ3n) is 5.37. The molecule has 2 N–H and O–H groups in total. The molecule has 1 atom stereocenters. The molecule has 2 aromatic rings. The molecule has 0 bridgehead atoms. The van der Waals surface area contributed by atoms with Gasteiger partial charge in [0.25, 0.3) is 0 Å². The molecule has 0 fully saturated rings. The number of nitrogens with one attached hydrogen (secondary N) is 1. The Bertz CT molecular complexity index is 928. The zero-order valence-electron chi connectivity index (χ0n) is 19.8. The Morgan fingerprint density at radius 2 is 1.71 bits per heavy atom. The van der Waals surface area contributed by atoms with Gasteiger partial charge in [-0.3, -0.25) is 14.5 Å². The van der Waals surface area contributed by atoms with Gasteiger partial charge in [-0.05, 0) is 53.5 Å². The molecule has 5 heteroatoms. The molecule has 0 heterocycles. The number of anilines is 3. The fourth-order valence-corrected chi connectivity index (χ4v) is 3.68. The van der Waals surface area contributed by atoms with Crippen LogP contribution in [-0.4, -0.2) is 23.5 Å². The molecular formula is C26H36N2O3. The molecule has 0 aliphatic rings. The SMILES string of the molecule is CC(=O)N(c1ccccc1C)c1cc(C(CC(=O)O)C(C)C)ccc1NCC(C)(C)C. The van der Waals surface area contributed by atoms with E-state index in [1.165, 1.54) is 0 Å². The van der Waals surface area contributed by atoms with Crippen LogP contribution in [-0.2, 0) is 9.59 Å². The minimum Gasteiger partial charge on any atom is -0.481 e. The normalized spacial score (nSPS) is 12.5. The fourth-order valence-electron chi connectivity index (χ4n) is 3.68. The molecule has 2 rings (SSSR count). The number of para-hydroxylation sites is 1.